The highest BCUT2D eigenvalue weighted by molar-refractivity contribution is 5.94. The first kappa shape index (κ1) is 17.0. The largest absolute Gasteiger partial charge is 0.362 e. The molecule has 2 spiro atoms. The van der Waals surface area contributed by atoms with E-state index in [0.717, 1.165) is 51.0 Å². The molecule has 0 aromatic heterocycles. The van der Waals surface area contributed by atoms with Crippen molar-refractivity contribution in [3.05, 3.63) is 71.8 Å². The smallest absolute Gasteiger partial charge is 0.254 e. The van der Waals surface area contributed by atoms with Gasteiger partial charge in [-0.3, -0.25) is 9.69 Å². The van der Waals surface area contributed by atoms with Crippen molar-refractivity contribution in [3.63, 3.8) is 0 Å². The molecule has 5 rings (SSSR count). The topological polar surface area (TPSA) is 32.8 Å². The van der Waals surface area contributed by atoms with Crippen LogP contribution in [0.15, 0.2) is 60.7 Å². The van der Waals surface area contributed by atoms with E-state index in [1.54, 1.807) is 0 Å². The summed E-state index contributed by atoms with van der Waals surface area (Å²) in [5.41, 5.74) is 1.91. The minimum absolute atomic E-state index is 0.0752. The van der Waals surface area contributed by atoms with Crippen LogP contribution in [0.25, 0.3) is 0 Å². The highest BCUT2D eigenvalue weighted by Gasteiger charge is 2.59. The summed E-state index contributed by atoms with van der Waals surface area (Å²) < 4.78 is 6.57. The van der Waals surface area contributed by atoms with Crippen LogP contribution in [0.5, 0.6) is 0 Å². The number of ether oxygens (including phenoxy) is 1. The third-order valence-corrected chi connectivity index (χ3v) is 6.09. The lowest BCUT2D eigenvalue weighted by Gasteiger charge is -2.56. The average Bonchev–Trinajstić information content (AvgIpc) is 3.43. The van der Waals surface area contributed by atoms with Crippen LogP contribution in [-0.2, 0) is 11.2 Å². The standard InChI is InChI=1S/C23H26N2O2/c26-21(20-9-5-2-6-10-20)25-17-22(12-13-22)27-23(18-25)15-24(16-23)14-11-19-7-3-1-4-8-19/h1-10H,11-18H2. The van der Waals surface area contributed by atoms with Crippen LogP contribution in [0.2, 0.25) is 0 Å². The van der Waals surface area contributed by atoms with E-state index in [1.807, 2.05) is 35.2 Å². The molecule has 27 heavy (non-hydrogen) atoms. The van der Waals surface area contributed by atoms with Crippen LogP contribution in [0.1, 0.15) is 28.8 Å². The zero-order chi connectivity index (χ0) is 18.3. The lowest BCUT2D eigenvalue weighted by molar-refractivity contribution is -0.219. The highest BCUT2D eigenvalue weighted by Crippen LogP contribution is 2.49. The van der Waals surface area contributed by atoms with E-state index in [2.05, 4.69) is 35.2 Å². The number of morpholine rings is 1. The quantitative estimate of drug-likeness (QED) is 0.838. The maximum Gasteiger partial charge on any atom is 0.254 e. The summed E-state index contributed by atoms with van der Waals surface area (Å²) >= 11 is 0. The fraction of sp³-hybridized carbons (Fsp3) is 0.435. The van der Waals surface area contributed by atoms with Crippen LogP contribution >= 0.6 is 0 Å². The number of carbonyl (C=O) groups excluding carboxylic acids is 1. The molecule has 0 bridgehead atoms. The van der Waals surface area contributed by atoms with Gasteiger partial charge in [0, 0.05) is 25.2 Å². The Balaban J connectivity index is 1.23. The maximum atomic E-state index is 13.0. The zero-order valence-corrected chi connectivity index (χ0v) is 15.6. The van der Waals surface area contributed by atoms with Crippen LogP contribution in [0.4, 0.5) is 0 Å². The van der Waals surface area contributed by atoms with Crippen molar-refractivity contribution in [3.8, 4) is 0 Å². The number of benzene rings is 2. The van der Waals surface area contributed by atoms with Crippen molar-refractivity contribution in [1.29, 1.82) is 0 Å². The average molecular weight is 362 g/mol. The van der Waals surface area contributed by atoms with Crippen LogP contribution in [0, 0.1) is 0 Å². The van der Waals surface area contributed by atoms with Gasteiger partial charge in [-0.25, -0.2) is 0 Å². The first-order valence-electron chi connectivity index (χ1n) is 9.96. The molecule has 4 nitrogen and oxygen atoms in total. The fourth-order valence-corrected chi connectivity index (χ4v) is 4.61. The second-order valence-electron chi connectivity index (χ2n) is 8.44. The Labute approximate surface area is 160 Å². The monoisotopic (exact) mass is 362 g/mol. The second-order valence-corrected chi connectivity index (χ2v) is 8.44. The molecule has 0 radical (unpaired) electrons. The van der Waals surface area contributed by atoms with Gasteiger partial charge in [0.1, 0.15) is 5.60 Å². The molecular formula is C23H26N2O2. The highest BCUT2D eigenvalue weighted by atomic mass is 16.5. The van der Waals surface area contributed by atoms with Gasteiger partial charge in [-0.15, -0.1) is 0 Å². The Bertz CT molecular complexity index is 811. The van der Waals surface area contributed by atoms with Gasteiger partial charge in [-0.05, 0) is 37.0 Å². The molecule has 4 heteroatoms. The number of carbonyl (C=O) groups is 1. The van der Waals surface area contributed by atoms with Gasteiger partial charge < -0.3 is 9.64 Å². The molecule has 3 aliphatic rings. The summed E-state index contributed by atoms with van der Waals surface area (Å²) in [5, 5.41) is 0. The molecule has 2 saturated heterocycles. The molecule has 1 amide bonds. The third-order valence-electron chi connectivity index (χ3n) is 6.09. The molecule has 0 N–H and O–H groups in total. The van der Waals surface area contributed by atoms with Crippen molar-refractivity contribution >= 4 is 5.91 Å². The molecular weight excluding hydrogens is 336 g/mol. The van der Waals surface area contributed by atoms with E-state index >= 15 is 0 Å². The number of amides is 1. The summed E-state index contributed by atoms with van der Waals surface area (Å²) in [6.45, 7) is 4.37. The van der Waals surface area contributed by atoms with E-state index < -0.39 is 0 Å². The molecule has 3 fully saturated rings. The van der Waals surface area contributed by atoms with Crippen molar-refractivity contribution in [1.82, 2.24) is 9.80 Å². The van der Waals surface area contributed by atoms with E-state index in [9.17, 15) is 4.79 Å². The van der Waals surface area contributed by atoms with Gasteiger partial charge in [-0.2, -0.15) is 0 Å². The van der Waals surface area contributed by atoms with E-state index in [1.165, 1.54) is 5.56 Å². The Morgan fingerprint density at radius 1 is 0.852 bits per heavy atom. The Morgan fingerprint density at radius 3 is 2.15 bits per heavy atom. The third kappa shape index (κ3) is 3.40. The fourth-order valence-electron chi connectivity index (χ4n) is 4.61. The SMILES string of the molecule is O=C(c1ccccc1)N1CC2(CC2)OC2(CN(CCc3ccccc3)C2)C1. The van der Waals surface area contributed by atoms with Crippen LogP contribution in [-0.4, -0.2) is 59.6 Å². The molecule has 140 valence electrons. The van der Waals surface area contributed by atoms with Crippen LogP contribution < -0.4 is 0 Å². The van der Waals surface area contributed by atoms with Gasteiger partial charge in [0.25, 0.3) is 5.91 Å². The summed E-state index contributed by atoms with van der Waals surface area (Å²) in [5.74, 6) is 0.146. The lowest BCUT2D eigenvalue weighted by atomic mass is 9.89. The molecule has 2 heterocycles. The van der Waals surface area contributed by atoms with E-state index in [-0.39, 0.29) is 17.1 Å². The molecule has 0 unspecified atom stereocenters. The van der Waals surface area contributed by atoms with Gasteiger partial charge >= 0.3 is 0 Å². The van der Waals surface area contributed by atoms with Crippen molar-refractivity contribution < 1.29 is 9.53 Å². The summed E-state index contributed by atoms with van der Waals surface area (Å²) in [6, 6.07) is 20.3. The number of rotatable bonds is 4. The summed E-state index contributed by atoms with van der Waals surface area (Å²) in [6.07, 6.45) is 3.23. The van der Waals surface area contributed by atoms with E-state index in [4.69, 9.17) is 4.74 Å². The first-order chi connectivity index (χ1) is 13.2. The van der Waals surface area contributed by atoms with Gasteiger partial charge in [0.05, 0.1) is 18.7 Å². The number of hydrogen-bond acceptors (Lipinski definition) is 3. The lowest BCUT2D eigenvalue weighted by Crippen LogP contribution is -2.72. The van der Waals surface area contributed by atoms with E-state index in [0.29, 0.717) is 6.54 Å². The van der Waals surface area contributed by atoms with Gasteiger partial charge in [0.15, 0.2) is 0 Å². The second kappa shape index (κ2) is 6.47. The molecule has 1 saturated carbocycles. The number of likely N-dealkylation sites (tertiary alicyclic amines) is 1. The van der Waals surface area contributed by atoms with Crippen molar-refractivity contribution in [2.24, 2.45) is 0 Å². The predicted octanol–water partition coefficient (Wildman–Crippen LogP) is 2.99. The van der Waals surface area contributed by atoms with Crippen LogP contribution in [0.3, 0.4) is 0 Å². The summed E-state index contributed by atoms with van der Waals surface area (Å²) in [7, 11) is 0. The predicted molar refractivity (Wildman–Crippen MR) is 105 cm³/mol. The van der Waals surface area contributed by atoms with Crippen molar-refractivity contribution in [2.45, 2.75) is 30.5 Å². The number of hydrogen-bond donors (Lipinski definition) is 0. The maximum absolute atomic E-state index is 13.0. The minimum Gasteiger partial charge on any atom is -0.362 e. The van der Waals surface area contributed by atoms with Crippen molar-refractivity contribution in [2.75, 3.05) is 32.7 Å². The van der Waals surface area contributed by atoms with Gasteiger partial charge in [0.2, 0.25) is 0 Å². The Hall–Kier alpha value is -2.17. The molecule has 2 aromatic carbocycles. The Morgan fingerprint density at radius 2 is 1.48 bits per heavy atom. The molecule has 0 atom stereocenters. The molecule has 2 aromatic rings. The minimum atomic E-state index is -0.171. The molecule has 1 aliphatic carbocycles. The first-order valence-corrected chi connectivity index (χ1v) is 9.96. The van der Waals surface area contributed by atoms with Gasteiger partial charge in [-0.1, -0.05) is 48.5 Å². The Kier molecular flexibility index (Phi) is 4.06. The molecule has 2 aliphatic heterocycles. The summed E-state index contributed by atoms with van der Waals surface area (Å²) in [4.78, 5) is 17.5. The normalized spacial score (nSPS) is 22.6. The number of nitrogens with zero attached hydrogens (tertiary/aromatic N) is 2. The zero-order valence-electron chi connectivity index (χ0n) is 15.6.